The highest BCUT2D eigenvalue weighted by atomic mass is 32.2. The van der Waals surface area contributed by atoms with Gasteiger partial charge in [0.05, 0.1) is 5.69 Å². The van der Waals surface area contributed by atoms with E-state index in [0.29, 0.717) is 11.9 Å². The van der Waals surface area contributed by atoms with Crippen LogP contribution in [0.1, 0.15) is 17.8 Å². The Morgan fingerprint density at radius 1 is 1.07 bits per heavy atom. The Kier molecular flexibility index (Phi) is 4.77. The van der Waals surface area contributed by atoms with Gasteiger partial charge >= 0.3 is 0 Å². The van der Waals surface area contributed by atoms with E-state index >= 15 is 0 Å². The first kappa shape index (κ1) is 19.0. The molecule has 0 saturated heterocycles. The van der Waals surface area contributed by atoms with E-state index in [2.05, 4.69) is 10.1 Å². The largest absolute Gasteiger partial charge is 0.282 e. The fourth-order valence-electron chi connectivity index (χ4n) is 2.59. The summed E-state index contributed by atoms with van der Waals surface area (Å²) in [6, 6.07) is 7.30. The molecule has 3 aromatic rings. The normalized spacial score (nSPS) is 12.0. The third-order valence-electron chi connectivity index (χ3n) is 3.71. The first-order valence-corrected chi connectivity index (χ1v) is 9.48. The highest BCUT2D eigenvalue weighted by molar-refractivity contribution is 7.90. The molecule has 27 heavy (non-hydrogen) atoms. The predicted octanol–water partition coefficient (Wildman–Crippen LogP) is 3.86. The lowest BCUT2D eigenvalue weighted by Crippen LogP contribution is -2.07. The number of aryl methyl sites for hydroxylation is 1. The van der Waals surface area contributed by atoms with E-state index in [-0.39, 0.29) is 17.1 Å². The molecule has 0 aliphatic heterocycles. The molecule has 5 nitrogen and oxygen atoms in total. The van der Waals surface area contributed by atoms with Crippen molar-refractivity contribution in [2.75, 3.05) is 6.26 Å². The molecule has 1 aromatic carbocycles. The van der Waals surface area contributed by atoms with E-state index < -0.39 is 38.5 Å². The molecule has 10 heteroatoms. The first-order valence-electron chi connectivity index (χ1n) is 7.59. The molecule has 0 fully saturated rings. The molecule has 2 heterocycles. The van der Waals surface area contributed by atoms with Crippen LogP contribution in [-0.4, -0.2) is 29.4 Å². The minimum atomic E-state index is -4.14. The molecule has 0 aliphatic rings. The number of aromatic nitrogens is 3. The summed E-state index contributed by atoms with van der Waals surface area (Å²) in [5.74, 6) is -2.47. The molecule has 0 bridgehead atoms. The second-order valence-corrected chi connectivity index (χ2v) is 7.80. The number of nitrogens with zero attached hydrogens (tertiary/aromatic N) is 3. The number of hydrogen-bond acceptors (Lipinski definition) is 4. The van der Waals surface area contributed by atoms with Crippen molar-refractivity contribution >= 4 is 9.84 Å². The van der Waals surface area contributed by atoms with Crippen molar-refractivity contribution in [3.05, 3.63) is 59.4 Å². The molecule has 0 aliphatic carbocycles. The average molecular weight is 399 g/mol. The van der Waals surface area contributed by atoms with Crippen LogP contribution in [0.25, 0.3) is 17.1 Å². The standard InChI is InChI=1S/C17H13F4N3O2S/c1-9-4-3-5-15(22-9)24-14(8-13(23-24)17(20)21)10-6-11(18)16(12(19)7-10)27(2,25)26/h3-8,17H,1-2H3. The van der Waals surface area contributed by atoms with Gasteiger partial charge in [-0.3, -0.25) is 0 Å². The van der Waals surface area contributed by atoms with Gasteiger partial charge in [-0.15, -0.1) is 0 Å². The number of benzene rings is 1. The van der Waals surface area contributed by atoms with Crippen LogP contribution < -0.4 is 0 Å². The van der Waals surface area contributed by atoms with Gasteiger partial charge in [0.25, 0.3) is 6.43 Å². The van der Waals surface area contributed by atoms with Gasteiger partial charge < -0.3 is 0 Å². The van der Waals surface area contributed by atoms with Gasteiger partial charge in [0.2, 0.25) is 0 Å². The summed E-state index contributed by atoms with van der Waals surface area (Å²) in [6.45, 7) is 1.68. The van der Waals surface area contributed by atoms with Gasteiger partial charge in [-0.05, 0) is 37.3 Å². The van der Waals surface area contributed by atoms with Crippen molar-refractivity contribution < 1.29 is 26.0 Å². The minimum Gasteiger partial charge on any atom is -0.234 e. The van der Waals surface area contributed by atoms with Crippen molar-refractivity contribution in [1.29, 1.82) is 0 Å². The van der Waals surface area contributed by atoms with Crippen LogP contribution in [0.3, 0.4) is 0 Å². The molecular formula is C17H13F4N3O2S. The molecule has 0 radical (unpaired) electrons. The lowest BCUT2D eigenvalue weighted by molar-refractivity contribution is 0.145. The van der Waals surface area contributed by atoms with Gasteiger partial charge in [0.1, 0.15) is 22.2 Å². The maximum atomic E-state index is 14.2. The molecule has 0 saturated carbocycles. The van der Waals surface area contributed by atoms with Crippen LogP contribution >= 0.6 is 0 Å². The van der Waals surface area contributed by atoms with Gasteiger partial charge in [0.15, 0.2) is 15.7 Å². The van der Waals surface area contributed by atoms with Crippen LogP contribution in [-0.2, 0) is 9.84 Å². The zero-order valence-corrected chi connectivity index (χ0v) is 14.9. The van der Waals surface area contributed by atoms with Crippen LogP contribution in [0.15, 0.2) is 41.3 Å². The Labute approximate surface area is 152 Å². The molecule has 2 aromatic heterocycles. The number of sulfone groups is 1. The molecule has 142 valence electrons. The fourth-order valence-corrected chi connectivity index (χ4v) is 3.42. The summed E-state index contributed by atoms with van der Waals surface area (Å²) in [7, 11) is -4.14. The summed E-state index contributed by atoms with van der Waals surface area (Å²) in [6.07, 6.45) is -2.25. The lowest BCUT2D eigenvalue weighted by atomic mass is 10.1. The summed E-state index contributed by atoms with van der Waals surface area (Å²) in [5.41, 5.74) is -0.236. The second kappa shape index (κ2) is 6.76. The zero-order valence-electron chi connectivity index (χ0n) is 14.1. The third kappa shape index (κ3) is 3.70. The van der Waals surface area contributed by atoms with E-state index in [0.717, 1.165) is 22.9 Å². The maximum absolute atomic E-state index is 14.2. The summed E-state index contributed by atoms with van der Waals surface area (Å²) < 4.78 is 78.8. The van der Waals surface area contributed by atoms with Gasteiger partial charge in [-0.25, -0.2) is 35.6 Å². The predicted molar refractivity (Wildman–Crippen MR) is 89.5 cm³/mol. The molecule has 0 amide bonds. The summed E-state index contributed by atoms with van der Waals surface area (Å²) in [5, 5.41) is 3.77. The Bertz CT molecular complexity index is 1100. The SMILES string of the molecule is Cc1cccc(-n2nc(C(F)F)cc2-c2cc(F)c(S(C)(=O)=O)c(F)c2)n1. The molecular weight excluding hydrogens is 386 g/mol. The number of alkyl halides is 2. The van der Waals surface area contributed by atoms with Gasteiger partial charge in [-0.2, -0.15) is 5.10 Å². The monoisotopic (exact) mass is 399 g/mol. The molecule has 0 atom stereocenters. The van der Waals surface area contributed by atoms with Gasteiger partial charge in [0, 0.05) is 17.5 Å². The summed E-state index contributed by atoms with van der Waals surface area (Å²) >= 11 is 0. The number of halogens is 4. The van der Waals surface area contributed by atoms with Crippen LogP contribution in [0.2, 0.25) is 0 Å². The quantitative estimate of drug-likeness (QED) is 0.625. The zero-order chi connectivity index (χ0) is 19.9. The third-order valence-corrected chi connectivity index (χ3v) is 4.84. The van der Waals surface area contributed by atoms with E-state index in [4.69, 9.17) is 0 Å². The van der Waals surface area contributed by atoms with E-state index in [9.17, 15) is 26.0 Å². The van der Waals surface area contributed by atoms with Gasteiger partial charge in [-0.1, -0.05) is 6.07 Å². The lowest BCUT2D eigenvalue weighted by Gasteiger charge is -2.09. The Morgan fingerprint density at radius 2 is 1.70 bits per heavy atom. The van der Waals surface area contributed by atoms with Crippen LogP contribution in [0, 0.1) is 18.6 Å². The maximum Gasteiger partial charge on any atom is 0.282 e. The number of hydrogen-bond donors (Lipinski definition) is 0. The fraction of sp³-hybridized carbons (Fsp3) is 0.176. The Morgan fingerprint density at radius 3 is 2.22 bits per heavy atom. The summed E-state index contributed by atoms with van der Waals surface area (Å²) in [4.78, 5) is 3.09. The number of pyridine rings is 1. The van der Waals surface area contributed by atoms with Crippen LogP contribution in [0.4, 0.5) is 17.6 Å². The Hall–Kier alpha value is -2.75. The Balaban J connectivity index is 2.26. The smallest absolute Gasteiger partial charge is 0.234 e. The minimum absolute atomic E-state index is 0.0544. The van der Waals surface area contributed by atoms with Crippen molar-refractivity contribution in [2.45, 2.75) is 18.2 Å². The van der Waals surface area contributed by atoms with E-state index in [1.54, 1.807) is 19.1 Å². The molecule has 0 spiro atoms. The molecule has 3 rings (SSSR count). The van der Waals surface area contributed by atoms with E-state index in [1.807, 2.05) is 0 Å². The van der Waals surface area contributed by atoms with Crippen molar-refractivity contribution in [3.8, 4) is 17.1 Å². The second-order valence-electron chi connectivity index (χ2n) is 5.85. The van der Waals surface area contributed by atoms with Crippen molar-refractivity contribution in [2.24, 2.45) is 0 Å². The molecule has 0 N–H and O–H groups in total. The van der Waals surface area contributed by atoms with E-state index in [1.165, 1.54) is 6.07 Å². The highest BCUT2D eigenvalue weighted by Crippen LogP contribution is 2.31. The van der Waals surface area contributed by atoms with Crippen LogP contribution in [0.5, 0.6) is 0 Å². The highest BCUT2D eigenvalue weighted by Gasteiger charge is 2.24. The van der Waals surface area contributed by atoms with Crippen molar-refractivity contribution in [3.63, 3.8) is 0 Å². The topological polar surface area (TPSA) is 64.8 Å². The van der Waals surface area contributed by atoms with Crippen molar-refractivity contribution in [1.82, 2.24) is 14.8 Å². The first-order chi connectivity index (χ1) is 12.6. The molecule has 0 unspecified atom stereocenters. The average Bonchev–Trinajstić information content (AvgIpc) is 2.98. The number of rotatable bonds is 4.